The first-order valence-electron chi connectivity index (χ1n) is 9.55. The van der Waals surface area contributed by atoms with Gasteiger partial charge in [0, 0.05) is 35.8 Å². The Kier molecular flexibility index (Phi) is 4.93. The second-order valence-corrected chi connectivity index (χ2v) is 9.57. The van der Waals surface area contributed by atoms with Gasteiger partial charge < -0.3 is 5.32 Å². The number of nitrogens with one attached hydrogen (secondary N) is 1. The van der Waals surface area contributed by atoms with Gasteiger partial charge in [-0.05, 0) is 23.6 Å². The first kappa shape index (κ1) is 17.9. The Morgan fingerprint density at radius 3 is 2.82 bits per heavy atom. The van der Waals surface area contributed by atoms with Crippen LogP contribution >= 0.6 is 23.1 Å². The summed E-state index contributed by atoms with van der Waals surface area (Å²) in [5.41, 5.74) is 3.75. The van der Waals surface area contributed by atoms with Gasteiger partial charge in [0.05, 0.1) is 10.9 Å². The Morgan fingerprint density at radius 1 is 1.14 bits per heavy atom. The van der Waals surface area contributed by atoms with Gasteiger partial charge >= 0.3 is 0 Å². The minimum absolute atomic E-state index is 0.0621. The van der Waals surface area contributed by atoms with Gasteiger partial charge in [0.25, 0.3) is 0 Å². The molecular formula is C22H21N3OS2. The average Bonchev–Trinajstić information content (AvgIpc) is 3.32. The number of rotatable bonds is 4. The van der Waals surface area contributed by atoms with Crippen molar-refractivity contribution >= 4 is 34.1 Å². The van der Waals surface area contributed by atoms with E-state index < -0.39 is 0 Å². The topological polar surface area (TPSA) is 45.2 Å². The normalized spacial score (nSPS) is 18.5. The number of carbonyl (C=O) groups is 1. The number of hydrogen-bond acceptors (Lipinski definition) is 5. The van der Waals surface area contributed by atoms with Crippen LogP contribution in [0.15, 0.2) is 59.5 Å². The fourth-order valence-electron chi connectivity index (χ4n) is 3.79. The van der Waals surface area contributed by atoms with Gasteiger partial charge in [-0.2, -0.15) is 0 Å². The minimum atomic E-state index is -0.0621. The van der Waals surface area contributed by atoms with E-state index in [9.17, 15) is 4.79 Å². The number of thiazole rings is 1. The molecule has 28 heavy (non-hydrogen) atoms. The molecule has 5 rings (SSSR count). The van der Waals surface area contributed by atoms with E-state index in [-0.39, 0.29) is 11.2 Å². The third kappa shape index (κ3) is 3.72. The molecule has 0 bridgehead atoms. The van der Waals surface area contributed by atoms with Crippen LogP contribution in [0.25, 0.3) is 0 Å². The number of benzene rings is 2. The maximum atomic E-state index is 12.7. The fourth-order valence-corrected chi connectivity index (χ4v) is 6.04. The summed E-state index contributed by atoms with van der Waals surface area (Å²) in [6.45, 7) is 2.87. The molecule has 1 atom stereocenters. The van der Waals surface area contributed by atoms with E-state index in [2.05, 4.69) is 52.7 Å². The van der Waals surface area contributed by atoms with Crippen molar-refractivity contribution in [1.29, 1.82) is 0 Å². The molecule has 0 spiro atoms. The van der Waals surface area contributed by atoms with Gasteiger partial charge in [-0.3, -0.25) is 9.69 Å². The highest BCUT2D eigenvalue weighted by atomic mass is 32.2. The van der Waals surface area contributed by atoms with Gasteiger partial charge in [0.15, 0.2) is 5.13 Å². The van der Waals surface area contributed by atoms with E-state index in [1.54, 1.807) is 23.1 Å². The highest BCUT2D eigenvalue weighted by Crippen LogP contribution is 2.37. The van der Waals surface area contributed by atoms with Gasteiger partial charge in [-0.15, -0.1) is 23.1 Å². The van der Waals surface area contributed by atoms with Gasteiger partial charge in [-0.1, -0.05) is 48.5 Å². The van der Waals surface area contributed by atoms with E-state index in [1.165, 1.54) is 20.9 Å². The van der Waals surface area contributed by atoms with E-state index in [1.807, 2.05) is 12.1 Å². The van der Waals surface area contributed by atoms with Crippen molar-refractivity contribution in [3.05, 3.63) is 76.3 Å². The molecular weight excluding hydrogens is 386 g/mol. The molecule has 6 heteroatoms. The lowest BCUT2D eigenvalue weighted by Crippen LogP contribution is -2.29. The summed E-state index contributed by atoms with van der Waals surface area (Å²) < 4.78 is 0. The van der Waals surface area contributed by atoms with E-state index >= 15 is 0 Å². The zero-order valence-electron chi connectivity index (χ0n) is 15.4. The molecule has 0 unspecified atom stereocenters. The molecule has 1 amide bonds. The molecule has 1 N–H and O–H groups in total. The summed E-state index contributed by atoms with van der Waals surface area (Å²) in [6.07, 6.45) is 1.74. The molecule has 0 saturated heterocycles. The molecule has 142 valence electrons. The Hall–Kier alpha value is -2.15. The number of anilines is 1. The summed E-state index contributed by atoms with van der Waals surface area (Å²) >= 11 is 3.28. The molecule has 2 aliphatic rings. The lowest BCUT2D eigenvalue weighted by atomic mass is 10.1. The predicted octanol–water partition coefficient (Wildman–Crippen LogP) is 4.36. The number of thioether (sulfide) groups is 1. The van der Waals surface area contributed by atoms with Crippen molar-refractivity contribution < 1.29 is 4.79 Å². The molecule has 4 nitrogen and oxygen atoms in total. The number of hydrogen-bond donors (Lipinski definition) is 1. The van der Waals surface area contributed by atoms with Crippen LogP contribution in [0.5, 0.6) is 0 Å². The van der Waals surface area contributed by atoms with Crippen molar-refractivity contribution in [2.45, 2.75) is 36.1 Å². The SMILES string of the molecule is O=C(Nc1nc2c(s1)CN(Cc1ccccc1)CC2)[C@@H]1Cc2ccccc2S1. The van der Waals surface area contributed by atoms with Crippen molar-refractivity contribution in [1.82, 2.24) is 9.88 Å². The molecule has 0 radical (unpaired) electrons. The average molecular weight is 408 g/mol. The van der Waals surface area contributed by atoms with E-state index in [0.29, 0.717) is 0 Å². The molecule has 0 fully saturated rings. The highest BCUT2D eigenvalue weighted by Gasteiger charge is 2.29. The van der Waals surface area contributed by atoms with E-state index in [0.717, 1.165) is 43.3 Å². The molecule has 0 aliphatic carbocycles. The summed E-state index contributed by atoms with van der Waals surface area (Å²) in [6, 6.07) is 18.8. The van der Waals surface area contributed by atoms with Crippen LogP contribution in [-0.2, 0) is 30.7 Å². The van der Waals surface area contributed by atoms with Crippen LogP contribution in [0.4, 0.5) is 5.13 Å². The number of fused-ring (bicyclic) bond motifs is 2. The molecule has 2 aromatic carbocycles. The highest BCUT2D eigenvalue weighted by molar-refractivity contribution is 8.01. The van der Waals surface area contributed by atoms with Crippen molar-refractivity contribution in [3.63, 3.8) is 0 Å². The van der Waals surface area contributed by atoms with Crippen molar-refractivity contribution in [3.8, 4) is 0 Å². The van der Waals surface area contributed by atoms with Crippen LogP contribution in [0.2, 0.25) is 0 Å². The standard InChI is InChI=1S/C22H21N3OS2/c26-21(19-12-16-8-4-5-9-18(16)27-19)24-22-23-17-10-11-25(14-20(17)28-22)13-15-6-2-1-3-7-15/h1-9,19H,10-14H2,(H,23,24,26)/t19-/m0/s1. The van der Waals surface area contributed by atoms with Crippen LogP contribution in [0.1, 0.15) is 21.7 Å². The third-order valence-electron chi connectivity index (χ3n) is 5.23. The monoisotopic (exact) mass is 407 g/mol. The first-order valence-corrected chi connectivity index (χ1v) is 11.2. The second kappa shape index (κ2) is 7.70. The van der Waals surface area contributed by atoms with Crippen LogP contribution in [0.3, 0.4) is 0 Å². The summed E-state index contributed by atoms with van der Waals surface area (Å²) in [4.78, 5) is 22.4. The van der Waals surface area contributed by atoms with Crippen LogP contribution in [0, 0.1) is 0 Å². The Labute approximate surface area is 173 Å². The smallest absolute Gasteiger partial charge is 0.239 e. The number of aromatic nitrogens is 1. The lowest BCUT2D eigenvalue weighted by molar-refractivity contribution is -0.115. The number of amides is 1. The lowest BCUT2D eigenvalue weighted by Gasteiger charge is -2.25. The van der Waals surface area contributed by atoms with Crippen LogP contribution < -0.4 is 5.32 Å². The maximum Gasteiger partial charge on any atom is 0.239 e. The van der Waals surface area contributed by atoms with Gasteiger partial charge in [-0.25, -0.2) is 4.98 Å². The summed E-state index contributed by atoms with van der Waals surface area (Å²) in [5, 5.41) is 3.75. The fraction of sp³-hybridized carbons (Fsp3) is 0.273. The predicted molar refractivity (Wildman–Crippen MR) is 115 cm³/mol. The number of nitrogens with zero attached hydrogens (tertiary/aromatic N) is 2. The first-order chi connectivity index (χ1) is 13.7. The quantitative estimate of drug-likeness (QED) is 0.698. The molecule has 3 aromatic rings. The molecule has 2 aliphatic heterocycles. The second-order valence-electron chi connectivity index (χ2n) is 7.24. The third-order valence-corrected chi connectivity index (χ3v) is 7.54. The Morgan fingerprint density at radius 2 is 1.96 bits per heavy atom. The zero-order valence-corrected chi connectivity index (χ0v) is 17.1. The summed E-state index contributed by atoms with van der Waals surface area (Å²) in [5.74, 6) is 0.0634. The summed E-state index contributed by atoms with van der Waals surface area (Å²) in [7, 11) is 0. The maximum absolute atomic E-state index is 12.7. The minimum Gasteiger partial charge on any atom is -0.301 e. The molecule has 3 heterocycles. The molecule has 1 aromatic heterocycles. The van der Waals surface area contributed by atoms with Crippen molar-refractivity contribution in [2.24, 2.45) is 0 Å². The van der Waals surface area contributed by atoms with Gasteiger partial charge in [0.2, 0.25) is 5.91 Å². The Bertz CT molecular complexity index is 977. The Balaban J connectivity index is 1.22. The van der Waals surface area contributed by atoms with Gasteiger partial charge in [0.1, 0.15) is 0 Å². The molecule has 0 saturated carbocycles. The van der Waals surface area contributed by atoms with Crippen molar-refractivity contribution in [2.75, 3.05) is 11.9 Å². The largest absolute Gasteiger partial charge is 0.301 e. The van der Waals surface area contributed by atoms with E-state index in [4.69, 9.17) is 4.98 Å². The zero-order chi connectivity index (χ0) is 18.9. The van der Waals surface area contributed by atoms with Crippen LogP contribution in [-0.4, -0.2) is 27.6 Å². The number of carbonyl (C=O) groups excluding carboxylic acids is 1.